The summed E-state index contributed by atoms with van der Waals surface area (Å²) >= 11 is 7.98. The number of benzene rings is 2. The molecule has 136 valence electrons. The highest BCUT2D eigenvalue weighted by Gasteiger charge is 2.31. The van der Waals surface area contributed by atoms with Gasteiger partial charge in [0.1, 0.15) is 5.78 Å². The number of carbonyl (C=O) groups excluding carboxylic acids is 1. The van der Waals surface area contributed by atoms with Crippen molar-refractivity contribution < 1.29 is 4.79 Å². The smallest absolute Gasteiger partial charge is 0.146 e. The largest absolute Gasteiger partial charge is 0.304 e. The zero-order valence-corrected chi connectivity index (χ0v) is 16.5. The van der Waals surface area contributed by atoms with Crippen molar-refractivity contribution in [2.24, 2.45) is 0 Å². The molecule has 1 atom stereocenters. The van der Waals surface area contributed by atoms with Crippen LogP contribution in [0.5, 0.6) is 0 Å². The first-order valence-electron chi connectivity index (χ1n) is 9.11. The van der Waals surface area contributed by atoms with E-state index in [1.807, 2.05) is 30.3 Å². The second-order valence-corrected chi connectivity index (χ2v) is 8.64. The molecule has 0 amide bonds. The third-order valence-electron chi connectivity index (χ3n) is 5.33. The lowest BCUT2D eigenvalue weighted by Crippen LogP contribution is -2.45. The Morgan fingerprint density at radius 1 is 1.08 bits per heavy atom. The number of piperazine rings is 1. The van der Waals surface area contributed by atoms with Crippen LogP contribution in [-0.2, 0) is 4.79 Å². The minimum absolute atomic E-state index is 0.200. The summed E-state index contributed by atoms with van der Waals surface area (Å²) in [5.74, 6) is 0.0915. The molecule has 0 aliphatic carbocycles. The van der Waals surface area contributed by atoms with Crippen LogP contribution in [0.1, 0.15) is 23.5 Å². The summed E-state index contributed by atoms with van der Waals surface area (Å²) in [6.45, 7) is 5.09. The average molecular weight is 387 g/mol. The van der Waals surface area contributed by atoms with Crippen LogP contribution in [0.4, 0.5) is 0 Å². The fourth-order valence-electron chi connectivity index (χ4n) is 3.77. The van der Waals surface area contributed by atoms with Crippen LogP contribution in [0, 0.1) is 0 Å². The number of halogens is 1. The van der Waals surface area contributed by atoms with Crippen molar-refractivity contribution >= 4 is 29.1 Å². The number of hydrogen-bond donors (Lipinski definition) is 0. The van der Waals surface area contributed by atoms with Crippen LogP contribution >= 0.6 is 23.4 Å². The Labute approximate surface area is 164 Å². The SMILES string of the molecule is CN1CCN(CCC(=O)C2c3ccccc3Sc3ccc(Cl)cc32)CC1. The Kier molecular flexibility index (Phi) is 5.37. The Morgan fingerprint density at radius 2 is 1.81 bits per heavy atom. The third-order valence-corrected chi connectivity index (χ3v) is 6.74. The molecule has 0 spiro atoms. The maximum absolute atomic E-state index is 13.3. The number of rotatable bonds is 4. The quantitative estimate of drug-likeness (QED) is 0.787. The summed E-state index contributed by atoms with van der Waals surface area (Å²) in [5.41, 5.74) is 2.18. The van der Waals surface area contributed by atoms with Crippen molar-refractivity contribution in [3.63, 3.8) is 0 Å². The predicted molar refractivity (Wildman–Crippen MR) is 107 cm³/mol. The van der Waals surface area contributed by atoms with E-state index in [1.165, 1.54) is 4.90 Å². The van der Waals surface area contributed by atoms with E-state index < -0.39 is 0 Å². The van der Waals surface area contributed by atoms with Gasteiger partial charge >= 0.3 is 0 Å². The summed E-state index contributed by atoms with van der Waals surface area (Å²) < 4.78 is 0. The molecule has 26 heavy (non-hydrogen) atoms. The monoisotopic (exact) mass is 386 g/mol. The summed E-state index contributed by atoms with van der Waals surface area (Å²) in [4.78, 5) is 20.3. The Morgan fingerprint density at radius 3 is 2.62 bits per heavy atom. The Bertz CT molecular complexity index is 817. The molecule has 4 rings (SSSR count). The van der Waals surface area contributed by atoms with Crippen LogP contribution < -0.4 is 0 Å². The van der Waals surface area contributed by atoms with E-state index >= 15 is 0 Å². The van der Waals surface area contributed by atoms with Crippen molar-refractivity contribution in [3.8, 4) is 0 Å². The maximum Gasteiger partial charge on any atom is 0.146 e. The maximum atomic E-state index is 13.3. The van der Waals surface area contributed by atoms with Gasteiger partial charge in [-0.15, -0.1) is 0 Å². The lowest BCUT2D eigenvalue weighted by molar-refractivity contribution is -0.120. The van der Waals surface area contributed by atoms with Crippen molar-refractivity contribution in [2.75, 3.05) is 39.8 Å². The molecule has 1 fully saturated rings. The molecule has 2 aromatic carbocycles. The molecule has 0 radical (unpaired) electrons. The van der Waals surface area contributed by atoms with Gasteiger partial charge in [0.25, 0.3) is 0 Å². The number of Topliss-reactive ketones (excluding diaryl/α,β-unsaturated/α-hetero) is 1. The first kappa shape index (κ1) is 18.1. The Hall–Kier alpha value is -1.33. The van der Waals surface area contributed by atoms with E-state index in [4.69, 9.17) is 11.6 Å². The third kappa shape index (κ3) is 3.70. The van der Waals surface area contributed by atoms with Gasteiger partial charge < -0.3 is 9.80 Å². The summed E-state index contributed by atoms with van der Waals surface area (Å²) in [5, 5.41) is 0.695. The average Bonchev–Trinajstić information content (AvgIpc) is 2.65. The fourth-order valence-corrected chi connectivity index (χ4v) is 5.07. The molecule has 2 heterocycles. The molecule has 0 aromatic heterocycles. The number of hydrogen-bond acceptors (Lipinski definition) is 4. The van der Waals surface area contributed by atoms with Crippen molar-refractivity contribution in [2.45, 2.75) is 22.1 Å². The molecule has 5 heteroatoms. The Balaban J connectivity index is 1.57. The summed E-state index contributed by atoms with van der Waals surface area (Å²) in [6.07, 6.45) is 0.583. The lowest BCUT2D eigenvalue weighted by Gasteiger charge is -2.33. The highest BCUT2D eigenvalue weighted by atomic mass is 35.5. The zero-order valence-electron chi connectivity index (χ0n) is 15.0. The zero-order chi connectivity index (χ0) is 18.1. The van der Waals surface area contributed by atoms with Crippen LogP contribution in [-0.4, -0.2) is 55.4 Å². The summed E-state index contributed by atoms with van der Waals surface area (Å²) in [6, 6.07) is 14.2. The van der Waals surface area contributed by atoms with Crippen LogP contribution in [0.15, 0.2) is 52.3 Å². The van der Waals surface area contributed by atoms with Crippen LogP contribution in [0.25, 0.3) is 0 Å². The van der Waals surface area contributed by atoms with Gasteiger partial charge in [0.15, 0.2) is 0 Å². The van der Waals surface area contributed by atoms with Gasteiger partial charge in [0.05, 0.1) is 5.92 Å². The standard InChI is InChI=1S/C21H23ClN2OS/c1-23-10-12-24(13-11-23)9-8-18(25)21-16-4-2-3-5-19(16)26-20-7-6-15(22)14-17(20)21/h2-7,14,21H,8-13H2,1H3. The molecule has 1 saturated heterocycles. The van der Waals surface area contributed by atoms with Gasteiger partial charge in [0.2, 0.25) is 0 Å². The molecule has 2 aliphatic heterocycles. The minimum atomic E-state index is -0.200. The van der Waals surface area contributed by atoms with Gasteiger partial charge in [-0.25, -0.2) is 0 Å². The van der Waals surface area contributed by atoms with Gasteiger partial charge in [-0.2, -0.15) is 0 Å². The predicted octanol–water partition coefficient (Wildman–Crippen LogP) is 4.14. The lowest BCUT2D eigenvalue weighted by atomic mass is 9.85. The minimum Gasteiger partial charge on any atom is -0.304 e. The molecule has 0 bridgehead atoms. The second-order valence-electron chi connectivity index (χ2n) is 7.12. The van der Waals surface area contributed by atoms with Gasteiger partial charge in [-0.05, 0) is 42.4 Å². The highest BCUT2D eigenvalue weighted by molar-refractivity contribution is 7.99. The highest BCUT2D eigenvalue weighted by Crippen LogP contribution is 2.47. The van der Waals surface area contributed by atoms with E-state index in [9.17, 15) is 4.79 Å². The van der Waals surface area contributed by atoms with Crippen molar-refractivity contribution in [1.29, 1.82) is 0 Å². The van der Waals surface area contributed by atoms with E-state index in [0.29, 0.717) is 17.2 Å². The van der Waals surface area contributed by atoms with Crippen LogP contribution in [0.3, 0.4) is 0 Å². The number of ketones is 1. The molecule has 3 nitrogen and oxygen atoms in total. The van der Waals surface area contributed by atoms with Gasteiger partial charge in [0, 0.05) is 54.0 Å². The molecule has 0 N–H and O–H groups in total. The molecular weight excluding hydrogens is 364 g/mol. The van der Waals surface area contributed by atoms with E-state index in [2.05, 4.69) is 29.0 Å². The number of carbonyl (C=O) groups is 1. The van der Waals surface area contributed by atoms with Crippen molar-refractivity contribution in [1.82, 2.24) is 9.80 Å². The van der Waals surface area contributed by atoms with E-state index in [1.54, 1.807) is 11.8 Å². The van der Waals surface area contributed by atoms with Crippen molar-refractivity contribution in [3.05, 3.63) is 58.6 Å². The molecule has 1 unspecified atom stereocenters. The van der Waals surface area contributed by atoms with Crippen LogP contribution in [0.2, 0.25) is 5.02 Å². The van der Waals surface area contributed by atoms with E-state index in [-0.39, 0.29) is 5.92 Å². The van der Waals surface area contributed by atoms with Gasteiger partial charge in [-0.3, -0.25) is 4.79 Å². The van der Waals surface area contributed by atoms with E-state index in [0.717, 1.165) is 48.7 Å². The first-order valence-corrected chi connectivity index (χ1v) is 10.3. The normalized spacial score (nSPS) is 20.5. The number of likely N-dealkylation sites (N-methyl/N-ethyl adjacent to an activating group) is 1. The second kappa shape index (κ2) is 7.73. The number of fused-ring (bicyclic) bond motifs is 2. The fraction of sp³-hybridized carbons (Fsp3) is 0.381. The summed E-state index contributed by atoms with van der Waals surface area (Å²) in [7, 11) is 2.15. The van der Waals surface area contributed by atoms with Gasteiger partial charge in [-0.1, -0.05) is 41.6 Å². The molecular formula is C21H23ClN2OS. The topological polar surface area (TPSA) is 23.6 Å². The molecule has 2 aromatic rings. The number of nitrogens with zero attached hydrogens (tertiary/aromatic N) is 2. The molecule has 0 saturated carbocycles. The first-order chi connectivity index (χ1) is 12.6. The molecule has 2 aliphatic rings.